The highest BCUT2D eigenvalue weighted by Gasteiger charge is 2.17. The summed E-state index contributed by atoms with van der Waals surface area (Å²) in [6, 6.07) is 32.4. The molecule has 166 valence electrons. The van der Waals surface area contributed by atoms with E-state index in [1.54, 1.807) is 30.3 Å². The number of para-hydroxylation sites is 4. The number of benzene rings is 4. The van der Waals surface area contributed by atoms with Crippen LogP contribution < -0.4 is 16.4 Å². The first-order chi connectivity index (χ1) is 16.5. The number of nitrogens with zero attached hydrogens (tertiary/aromatic N) is 3. The third kappa shape index (κ3) is 5.88. The Bertz CT molecular complexity index is 1360. The first-order valence-corrected chi connectivity index (χ1v) is 10.1. The summed E-state index contributed by atoms with van der Waals surface area (Å²) >= 11 is 0. The Hall–Kier alpha value is -5.34. The summed E-state index contributed by atoms with van der Waals surface area (Å²) in [7, 11) is 0. The zero-order chi connectivity index (χ0) is 24.3. The molecule has 0 bridgehead atoms. The average Bonchev–Trinajstić information content (AvgIpc) is 2.87. The Morgan fingerprint density at radius 3 is 1.65 bits per heavy atom. The van der Waals surface area contributed by atoms with Crippen LogP contribution in [0.15, 0.2) is 97.1 Å². The van der Waals surface area contributed by atoms with Crippen LogP contribution in [0.4, 0.5) is 34.1 Å². The molecule has 0 fully saturated rings. The number of hydrogen-bond acceptors (Lipinski definition) is 7. The smallest absolute Gasteiger partial charge is 0.294 e. The molecule has 0 aliphatic rings. The van der Waals surface area contributed by atoms with E-state index in [2.05, 4.69) is 16.7 Å². The molecule has 0 aromatic heterocycles. The second-order valence-electron chi connectivity index (χ2n) is 6.93. The maximum absolute atomic E-state index is 10.9. The van der Waals surface area contributed by atoms with Gasteiger partial charge in [-0.05, 0) is 42.5 Å². The van der Waals surface area contributed by atoms with Crippen LogP contribution in [0.3, 0.4) is 0 Å². The summed E-state index contributed by atoms with van der Waals surface area (Å²) in [4.78, 5) is 10.4. The van der Waals surface area contributed by atoms with Crippen LogP contribution in [-0.2, 0) is 0 Å². The topological polar surface area (TPSA) is 141 Å². The number of rotatable bonds is 5. The fourth-order valence-corrected chi connectivity index (χ4v) is 3.05. The zero-order valence-electron chi connectivity index (χ0n) is 18.0. The molecule has 0 amide bonds. The van der Waals surface area contributed by atoms with Gasteiger partial charge in [0.1, 0.15) is 17.8 Å². The molecule has 8 nitrogen and oxygen atoms in total. The number of nitrogens with one attached hydrogen (secondary N) is 2. The van der Waals surface area contributed by atoms with Gasteiger partial charge in [-0.15, -0.1) is 0 Å². The molecule has 4 aromatic carbocycles. The zero-order valence-corrected chi connectivity index (χ0v) is 18.0. The lowest BCUT2D eigenvalue weighted by Gasteiger charge is -2.10. The lowest BCUT2D eigenvalue weighted by molar-refractivity contribution is -0.383. The molecule has 0 aliphatic carbocycles. The molecular formula is C26H20N6O2. The molecule has 4 rings (SSSR count). The van der Waals surface area contributed by atoms with Gasteiger partial charge >= 0.3 is 0 Å². The Balaban J connectivity index is 0.000000192. The van der Waals surface area contributed by atoms with Crippen molar-refractivity contribution in [2.75, 3.05) is 16.4 Å². The van der Waals surface area contributed by atoms with Gasteiger partial charge in [0.2, 0.25) is 0 Å². The normalized spacial score (nSPS) is 9.47. The van der Waals surface area contributed by atoms with E-state index in [0.29, 0.717) is 22.6 Å². The Morgan fingerprint density at radius 1 is 0.676 bits per heavy atom. The van der Waals surface area contributed by atoms with Crippen molar-refractivity contribution in [3.05, 3.63) is 118 Å². The van der Waals surface area contributed by atoms with E-state index in [1.165, 1.54) is 18.2 Å². The quantitative estimate of drug-likeness (QED) is 0.190. The average molecular weight is 448 g/mol. The molecule has 4 N–H and O–H groups in total. The fraction of sp³-hybridized carbons (Fsp3) is 0. The van der Waals surface area contributed by atoms with Crippen LogP contribution in [0.1, 0.15) is 11.1 Å². The Morgan fingerprint density at radius 2 is 1.15 bits per heavy atom. The predicted molar refractivity (Wildman–Crippen MR) is 133 cm³/mol. The Kier molecular flexibility index (Phi) is 7.77. The number of nitrogens with two attached hydrogens (primary N) is 1. The monoisotopic (exact) mass is 448 g/mol. The lowest BCUT2D eigenvalue weighted by Crippen LogP contribution is -1.99. The number of nitro benzene ring substituents is 1. The van der Waals surface area contributed by atoms with Crippen LogP contribution in [0.25, 0.3) is 0 Å². The van der Waals surface area contributed by atoms with Gasteiger partial charge in [-0.3, -0.25) is 10.1 Å². The van der Waals surface area contributed by atoms with Crippen molar-refractivity contribution >= 4 is 34.1 Å². The van der Waals surface area contributed by atoms with Gasteiger partial charge in [-0.25, -0.2) is 0 Å². The maximum Gasteiger partial charge on any atom is 0.294 e. The van der Waals surface area contributed by atoms with Crippen LogP contribution in [0.2, 0.25) is 0 Å². The lowest BCUT2D eigenvalue weighted by atomic mass is 10.1. The van der Waals surface area contributed by atoms with Gasteiger partial charge in [-0.2, -0.15) is 10.5 Å². The van der Waals surface area contributed by atoms with E-state index < -0.39 is 4.92 Å². The molecule has 0 radical (unpaired) electrons. The second kappa shape index (κ2) is 11.3. The van der Waals surface area contributed by atoms with Crippen molar-refractivity contribution in [3.8, 4) is 12.1 Å². The second-order valence-corrected chi connectivity index (χ2v) is 6.93. The van der Waals surface area contributed by atoms with Crippen molar-refractivity contribution in [2.45, 2.75) is 0 Å². The molecule has 0 spiro atoms. The van der Waals surface area contributed by atoms with Gasteiger partial charge in [0.15, 0.2) is 0 Å². The van der Waals surface area contributed by atoms with E-state index in [9.17, 15) is 10.1 Å². The van der Waals surface area contributed by atoms with E-state index in [-0.39, 0.29) is 16.9 Å². The fourth-order valence-electron chi connectivity index (χ4n) is 3.05. The summed E-state index contributed by atoms with van der Waals surface area (Å²) < 4.78 is 0. The highest BCUT2D eigenvalue weighted by molar-refractivity contribution is 5.78. The molecule has 4 aromatic rings. The SMILES string of the molecule is N#Cc1cccc(N)c1Nc1ccccc1.N#Cc1cccc([N+](=O)[O-])c1Nc1ccccc1. The largest absolute Gasteiger partial charge is 0.397 e. The van der Waals surface area contributed by atoms with Crippen molar-refractivity contribution in [1.82, 2.24) is 0 Å². The van der Waals surface area contributed by atoms with Crippen LogP contribution >= 0.6 is 0 Å². The van der Waals surface area contributed by atoms with Gasteiger partial charge in [0, 0.05) is 17.4 Å². The molecule has 8 heteroatoms. The van der Waals surface area contributed by atoms with Gasteiger partial charge < -0.3 is 16.4 Å². The molecule has 34 heavy (non-hydrogen) atoms. The molecule has 0 atom stereocenters. The summed E-state index contributed by atoms with van der Waals surface area (Å²) in [5, 5.41) is 35.0. The van der Waals surface area contributed by atoms with E-state index >= 15 is 0 Å². The molecule has 0 aliphatic heterocycles. The number of nitrogen functional groups attached to an aromatic ring is 1. The van der Waals surface area contributed by atoms with E-state index in [0.717, 1.165) is 5.69 Å². The van der Waals surface area contributed by atoms with Gasteiger partial charge in [0.25, 0.3) is 5.69 Å². The molecular weight excluding hydrogens is 428 g/mol. The third-order valence-electron chi connectivity index (χ3n) is 4.66. The number of nitro groups is 1. The number of nitriles is 2. The van der Waals surface area contributed by atoms with Crippen LogP contribution in [-0.4, -0.2) is 4.92 Å². The van der Waals surface area contributed by atoms with Crippen molar-refractivity contribution in [1.29, 1.82) is 10.5 Å². The number of hydrogen-bond donors (Lipinski definition) is 3. The first kappa shape index (κ1) is 23.3. The maximum atomic E-state index is 10.9. The standard InChI is InChI=1S/C13H9N3O2.C13H11N3/c14-9-10-5-4-8-12(16(17)18)13(10)15-11-6-2-1-3-7-11;14-9-10-5-4-8-12(15)13(10)16-11-6-2-1-3-7-11/h1-8,15H;1-8,16H,15H2. The predicted octanol–water partition coefficient (Wildman–Crippen LogP) is 6.09. The summed E-state index contributed by atoms with van der Waals surface area (Å²) in [5.74, 6) is 0. The van der Waals surface area contributed by atoms with E-state index in [1.807, 2.05) is 54.6 Å². The minimum Gasteiger partial charge on any atom is -0.397 e. The highest BCUT2D eigenvalue weighted by atomic mass is 16.6. The summed E-state index contributed by atoms with van der Waals surface area (Å²) in [5.41, 5.74) is 9.57. The van der Waals surface area contributed by atoms with Crippen molar-refractivity contribution in [2.24, 2.45) is 0 Å². The van der Waals surface area contributed by atoms with Gasteiger partial charge in [0.05, 0.1) is 27.4 Å². The number of anilines is 5. The third-order valence-corrected chi connectivity index (χ3v) is 4.66. The highest BCUT2D eigenvalue weighted by Crippen LogP contribution is 2.30. The van der Waals surface area contributed by atoms with Gasteiger partial charge in [-0.1, -0.05) is 48.5 Å². The molecule has 0 heterocycles. The molecule has 0 saturated heterocycles. The summed E-state index contributed by atoms with van der Waals surface area (Å²) in [6.07, 6.45) is 0. The van der Waals surface area contributed by atoms with Crippen molar-refractivity contribution < 1.29 is 4.92 Å². The first-order valence-electron chi connectivity index (χ1n) is 10.1. The summed E-state index contributed by atoms with van der Waals surface area (Å²) in [6.45, 7) is 0. The van der Waals surface area contributed by atoms with Crippen LogP contribution in [0, 0.1) is 32.8 Å². The minimum atomic E-state index is -0.508. The molecule has 0 unspecified atom stereocenters. The minimum absolute atomic E-state index is 0.113. The van der Waals surface area contributed by atoms with E-state index in [4.69, 9.17) is 16.3 Å². The molecule has 0 saturated carbocycles. The van der Waals surface area contributed by atoms with Crippen molar-refractivity contribution in [3.63, 3.8) is 0 Å². The Labute approximate surface area is 196 Å². The van der Waals surface area contributed by atoms with Crippen LogP contribution in [0.5, 0.6) is 0 Å².